The van der Waals surface area contributed by atoms with Crippen molar-refractivity contribution in [2.75, 3.05) is 26.4 Å². The lowest BCUT2D eigenvalue weighted by Gasteiger charge is -2.71. The van der Waals surface area contributed by atoms with Gasteiger partial charge in [0.1, 0.15) is 79.4 Å². The van der Waals surface area contributed by atoms with Crippen LogP contribution in [0.25, 0.3) is 0 Å². The van der Waals surface area contributed by atoms with Gasteiger partial charge in [0.2, 0.25) is 0 Å². The lowest BCUT2D eigenvalue weighted by atomic mass is 9.33. The Hall–Kier alpha value is -1.55. The Morgan fingerprint density at radius 2 is 1.30 bits per heavy atom. The zero-order chi connectivity index (χ0) is 53.1. The third-order valence-electron chi connectivity index (χ3n) is 20.8. The zero-order valence-corrected chi connectivity index (χ0v) is 43.2. The van der Waals surface area contributed by atoms with Crippen molar-refractivity contribution in [1.82, 2.24) is 0 Å². The molecule has 418 valence electrons. The van der Waals surface area contributed by atoms with E-state index in [1.807, 2.05) is 6.92 Å². The minimum absolute atomic E-state index is 0.0108. The third kappa shape index (κ3) is 9.10. The summed E-state index contributed by atoms with van der Waals surface area (Å²) in [5.41, 5.74) is -0.749. The van der Waals surface area contributed by atoms with Crippen molar-refractivity contribution in [2.45, 2.75) is 229 Å². The second-order valence-corrected chi connectivity index (χ2v) is 25.2. The van der Waals surface area contributed by atoms with Crippen LogP contribution in [0, 0.1) is 50.2 Å². The summed E-state index contributed by atoms with van der Waals surface area (Å²) in [5.74, 6) is -0.465. The SMILES string of the molecule is C[C@@H]1O[C@H](O[C@@H]2[C@@H](O[C@H]3CC[C@@]4(C)[C@@H](CC[C@]5(C)[C@@H]4CC=C4[C@H]6CC(C)(C)CC[C@@]6(C(=O)O)CC[C@]45C)[C@]3(C)CO)OC[C@H](O)[C@H]2O)[C@@H](O)[C@H](O[C@H]2OC[C@H](O[C@H]3O[C@@H](CO)[C@H](O)[C@@H](O)[C@@H]3O)[C@@H](O)[C@@H]2O)[C@H]1O. The number of aliphatic hydroxyl groups excluding tert-OH is 11. The number of ether oxygens (including phenoxy) is 8. The lowest BCUT2D eigenvalue weighted by Crippen LogP contribution is -2.67. The molecule has 4 saturated heterocycles. The smallest absolute Gasteiger partial charge is 0.310 e. The van der Waals surface area contributed by atoms with Crippen molar-refractivity contribution in [3.8, 4) is 0 Å². The molecule has 0 bridgehead atoms. The highest BCUT2D eigenvalue weighted by atomic mass is 16.8. The Bertz CT molecular complexity index is 2010. The molecular formula is C52H84O21. The number of hydrogen-bond acceptors (Lipinski definition) is 20. The first-order valence-electron chi connectivity index (χ1n) is 26.7. The third-order valence-corrected chi connectivity index (χ3v) is 20.8. The van der Waals surface area contributed by atoms with Gasteiger partial charge in [-0.3, -0.25) is 4.79 Å². The number of rotatable bonds is 11. The molecule has 0 unspecified atom stereocenters. The number of fused-ring (bicyclic) bond motifs is 7. The average molecular weight is 1050 g/mol. The van der Waals surface area contributed by atoms with Crippen LogP contribution < -0.4 is 0 Å². The van der Waals surface area contributed by atoms with Gasteiger partial charge in [0.25, 0.3) is 0 Å². The van der Waals surface area contributed by atoms with Crippen LogP contribution in [0.5, 0.6) is 0 Å². The van der Waals surface area contributed by atoms with E-state index in [2.05, 4.69) is 40.7 Å². The first kappa shape index (κ1) is 56.2. The first-order valence-corrected chi connectivity index (χ1v) is 26.7. The van der Waals surface area contributed by atoms with E-state index in [4.69, 9.17) is 37.9 Å². The summed E-state index contributed by atoms with van der Waals surface area (Å²) >= 11 is 0. The van der Waals surface area contributed by atoms with Crippen molar-refractivity contribution in [2.24, 2.45) is 50.2 Å². The summed E-state index contributed by atoms with van der Waals surface area (Å²) in [6.45, 7) is 13.5. The van der Waals surface area contributed by atoms with Crippen LogP contribution in [0.4, 0.5) is 0 Å². The van der Waals surface area contributed by atoms with Crippen LogP contribution in [-0.2, 0) is 42.7 Å². The predicted molar refractivity (Wildman–Crippen MR) is 251 cm³/mol. The molecule has 8 fully saturated rings. The number of allylic oxidation sites excluding steroid dienone is 2. The van der Waals surface area contributed by atoms with Crippen LogP contribution in [0.1, 0.15) is 113 Å². The quantitative estimate of drug-likeness (QED) is 0.0942. The summed E-state index contributed by atoms with van der Waals surface area (Å²) in [6, 6.07) is 0. The first-order chi connectivity index (χ1) is 34.2. The van der Waals surface area contributed by atoms with Gasteiger partial charge in [-0.2, -0.15) is 0 Å². The number of hydrogen-bond donors (Lipinski definition) is 12. The minimum Gasteiger partial charge on any atom is -0.481 e. The Balaban J connectivity index is 0.887. The molecule has 0 amide bonds. The maximum absolute atomic E-state index is 13.2. The molecule has 5 aliphatic carbocycles. The summed E-state index contributed by atoms with van der Waals surface area (Å²) in [5, 5.41) is 130. The van der Waals surface area contributed by atoms with Crippen molar-refractivity contribution < 1.29 is 104 Å². The van der Waals surface area contributed by atoms with E-state index >= 15 is 0 Å². The average Bonchev–Trinajstić information content (AvgIpc) is 3.34. The van der Waals surface area contributed by atoms with E-state index in [0.29, 0.717) is 19.3 Å². The molecule has 4 saturated carbocycles. The Morgan fingerprint density at radius 3 is 1.99 bits per heavy atom. The summed E-state index contributed by atoms with van der Waals surface area (Å²) < 4.78 is 47.6. The normalized spacial score (nSPS) is 55.0. The highest BCUT2D eigenvalue weighted by Gasteiger charge is 2.70. The molecule has 0 aromatic heterocycles. The zero-order valence-electron chi connectivity index (χ0n) is 43.2. The van der Waals surface area contributed by atoms with Crippen molar-refractivity contribution >= 4 is 5.97 Å². The fraction of sp³-hybridized carbons (Fsp3) is 0.942. The van der Waals surface area contributed by atoms with Crippen LogP contribution in [0.3, 0.4) is 0 Å². The molecule has 9 aliphatic rings. The molecule has 0 aromatic rings. The molecule has 21 nitrogen and oxygen atoms in total. The van der Waals surface area contributed by atoms with Crippen LogP contribution in [-0.4, -0.2) is 210 Å². The fourth-order valence-corrected chi connectivity index (χ4v) is 16.0. The maximum Gasteiger partial charge on any atom is 0.310 e. The molecule has 4 aliphatic heterocycles. The topological polar surface area (TPSA) is 334 Å². The molecule has 27 atom stereocenters. The van der Waals surface area contributed by atoms with E-state index in [9.17, 15) is 66.1 Å². The van der Waals surface area contributed by atoms with Gasteiger partial charge in [-0.25, -0.2) is 0 Å². The van der Waals surface area contributed by atoms with Crippen LogP contribution in [0.2, 0.25) is 0 Å². The summed E-state index contributed by atoms with van der Waals surface area (Å²) in [4.78, 5) is 13.2. The number of carboxylic acid groups (broad SMARTS) is 1. The number of aliphatic carboxylic acids is 1. The molecule has 0 aromatic carbocycles. The second kappa shape index (κ2) is 20.3. The van der Waals surface area contributed by atoms with Gasteiger partial charge in [-0.05, 0) is 111 Å². The Labute approximate surface area is 426 Å². The molecular weight excluding hydrogens is 961 g/mol. The van der Waals surface area contributed by atoms with Crippen molar-refractivity contribution in [3.05, 3.63) is 11.6 Å². The molecule has 12 N–H and O–H groups in total. The summed E-state index contributed by atoms with van der Waals surface area (Å²) in [7, 11) is 0. The van der Waals surface area contributed by atoms with E-state index in [1.54, 1.807) is 0 Å². The van der Waals surface area contributed by atoms with Crippen LogP contribution in [0.15, 0.2) is 11.6 Å². The molecule has 21 heteroatoms. The number of carboxylic acids is 1. The fourth-order valence-electron chi connectivity index (χ4n) is 16.0. The van der Waals surface area contributed by atoms with E-state index < -0.39 is 147 Å². The maximum atomic E-state index is 13.2. The lowest BCUT2D eigenvalue weighted by molar-refractivity contribution is -0.383. The monoisotopic (exact) mass is 1040 g/mol. The minimum atomic E-state index is -1.89. The largest absolute Gasteiger partial charge is 0.481 e. The standard InChI is InChI=1S/C52H84O21/c1-23-32(56)40(72-42-37(61)35(59)28(21-67-42)70-43-38(62)36(60)34(58)27(19-53)69-43)39(63)44(68-23)73-41-33(57)26(55)20-66-45(41)71-31-11-12-48(4)29(49(31,5)22-54)10-13-51(7)30(48)9-8-24-25-18-47(2,3)14-16-52(25,46(64)65)17-15-50(24,51)6/h8,23,25-45,53-63H,9-22H2,1-7H3,(H,64,65)/t23-,25+,26-,27-,28-,29+,30+,31-,32-,33+,34-,35+,36+,37-,38-,39-,40+,41-,42+,43+,44+,45+,48-,49-,50+,51+,52+/m0/s1. The molecule has 0 radical (unpaired) electrons. The van der Waals surface area contributed by atoms with Crippen molar-refractivity contribution in [1.29, 1.82) is 0 Å². The van der Waals surface area contributed by atoms with Gasteiger partial charge in [0, 0.05) is 5.41 Å². The van der Waals surface area contributed by atoms with Gasteiger partial charge in [-0.15, -0.1) is 0 Å². The highest BCUT2D eigenvalue weighted by molar-refractivity contribution is 5.76. The number of carbonyl (C=O) groups is 1. The molecule has 4 heterocycles. The highest BCUT2D eigenvalue weighted by Crippen LogP contribution is 2.76. The van der Waals surface area contributed by atoms with E-state index in [-0.39, 0.29) is 52.6 Å². The Kier molecular flexibility index (Phi) is 15.6. The summed E-state index contributed by atoms with van der Waals surface area (Å²) in [6.07, 6.45) is -19.1. The number of aliphatic hydroxyl groups is 11. The van der Waals surface area contributed by atoms with Gasteiger partial charge in [0.15, 0.2) is 25.2 Å². The van der Waals surface area contributed by atoms with Crippen LogP contribution >= 0.6 is 0 Å². The van der Waals surface area contributed by atoms with Gasteiger partial charge < -0.3 is 99.2 Å². The van der Waals surface area contributed by atoms with Crippen molar-refractivity contribution in [3.63, 3.8) is 0 Å². The van der Waals surface area contributed by atoms with E-state index in [1.165, 1.54) is 12.5 Å². The molecule has 0 spiro atoms. The molecule has 9 rings (SSSR count). The van der Waals surface area contributed by atoms with Gasteiger partial charge in [-0.1, -0.05) is 53.2 Å². The van der Waals surface area contributed by atoms with Gasteiger partial charge in [0.05, 0.1) is 44.1 Å². The molecule has 73 heavy (non-hydrogen) atoms. The second-order valence-electron chi connectivity index (χ2n) is 25.2. The van der Waals surface area contributed by atoms with E-state index in [0.717, 1.165) is 44.9 Å². The predicted octanol–water partition coefficient (Wildman–Crippen LogP) is -0.191. The Morgan fingerprint density at radius 1 is 0.644 bits per heavy atom. The van der Waals surface area contributed by atoms with Gasteiger partial charge >= 0.3 is 5.97 Å².